The highest BCUT2D eigenvalue weighted by atomic mass is 32.1. The number of nitrogens with zero attached hydrogens (tertiary/aromatic N) is 3. The van der Waals surface area contributed by atoms with E-state index in [1.54, 1.807) is 17.6 Å². The minimum atomic E-state index is -4.52. The Labute approximate surface area is 225 Å². The van der Waals surface area contributed by atoms with Gasteiger partial charge in [-0.25, -0.2) is 9.98 Å². The first-order valence-electron chi connectivity index (χ1n) is 12.0. The molecule has 2 aliphatic heterocycles. The molecule has 0 saturated carbocycles. The normalized spacial score (nSPS) is 20.9. The number of amides is 1. The molecule has 3 N–H and O–H groups in total. The summed E-state index contributed by atoms with van der Waals surface area (Å²) in [5.41, 5.74) is 0.188. The van der Waals surface area contributed by atoms with Crippen LogP contribution in [0.5, 0.6) is 5.75 Å². The molecule has 3 aromatic rings. The molecule has 9 nitrogen and oxygen atoms in total. The van der Waals surface area contributed by atoms with E-state index in [-0.39, 0.29) is 18.6 Å². The monoisotopic (exact) mass is 559 g/mol. The highest BCUT2D eigenvalue weighted by Gasteiger charge is 2.63. The molecule has 1 aromatic heterocycles. The van der Waals surface area contributed by atoms with Crippen molar-refractivity contribution in [2.45, 2.75) is 31.7 Å². The van der Waals surface area contributed by atoms with Crippen molar-refractivity contribution < 1.29 is 32.7 Å². The number of carboxylic acid groups (broad SMARTS) is 1. The van der Waals surface area contributed by atoms with Crippen LogP contribution in [0.15, 0.2) is 65.2 Å². The van der Waals surface area contributed by atoms with Crippen LogP contribution in [0.2, 0.25) is 0 Å². The zero-order valence-electron chi connectivity index (χ0n) is 20.7. The number of para-hydroxylation sites is 1. The maximum absolute atomic E-state index is 13.2. The van der Waals surface area contributed by atoms with Crippen LogP contribution >= 0.6 is 11.3 Å². The fraction of sp³-hybridized carbons (Fsp3) is 0.308. The number of aliphatic carboxylic acids is 1. The number of aliphatic imine (C=N–C) groups is 1. The Morgan fingerprint density at radius 1 is 1.15 bits per heavy atom. The number of nitrogens with one attached hydrogen (secondary N) is 2. The number of benzene rings is 2. The third-order valence-electron chi connectivity index (χ3n) is 6.88. The van der Waals surface area contributed by atoms with Crippen LogP contribution in [-0.4, -0.2) is 51.6 Å². The lowest BCUT2D eigenvalue weighted by molar-refractivity contribution is -0.200. The van der Waals surface area contributed by atoms with Gasteiger partial charge >= 0.3 is 12.1 Å². The van der Waals surface area contributed by atoms with Gasteiger partial charge in [-0.1, -0.05) is 18.2 Å². The Morgan fingerprint density at radius 2 is 1.87 bits per heavy atom. The van der Waals surface area contributed by atoms with Gasteiger partial charge in [0.05, 0.1) is 21.5 Å². The summed E-state index contributed by atoms with van der Waals surface area (Å²) in [6.45, 7) is 1.90. The number of allylic oxidation sites excluding steroid dienone is 1. The molecule has 2 aromatic carbocycles. The Morgan fingerprint density at radius 3 is 2.51 bits per heavy atom. The van der Waals surface area contributed by atoms with E-state index in [4.69, 9.17) is 9.83 Å². The number of alkyl halides is 3. The van der Waals surface area contributed by atoms with E-state index in [2.05, 4.69) is 15.6 Å². The molecule has 1 saturated heterocycles. The number of fused-ring (bicyclic) bond motifs is 1. The Kier molecular flexibility index (Phi) is 6.81. The van der Waals surface area contributed by atoms with E-state index < -0.39 is 34.8 Å². The van der Waals surface area contributed by atoms with Crippen molar-refractivity contribution in [2.75, 3.05) is 13.1 Å². The summed E-state index contributed by atoms with van der Waals surface area (Å²) in [5, 5.41) is 17.7. The number of carbonyl (C=O) groups excluding carboxylic acids is 1. The number of rotatable bonds is 6. The average molecular weight is 560 g/mol. The maximum Gasteiger partial charge on any atom is 0.416 e. The van der Waals surface area contributed by atoms with E-state index >= 15 is 0 Å². The summed E-state index contributed by atoms with van der Waals surface area (Å²) >= 11 is 1.40. The zero-order chi connectivity index (χ0) is 27.8. The average Bonchev–Trinajstić information content (AvgIpc) is 3.39. The SMILES string of the molecule is CC(=O)NC1(C2(C(=O)O)CCNCC2)N=C(c2ccc(C(F)(F)F)cc2)C=CN1Oc1cccc2scnc12. The molecular formula is C26H24F3N5O4S. The first-order valence-corrected chi connectivity index (χ1v) is 12.9. The van der Waals surface area contributed by atoms with Gasteiger partial charge in [0.25, 0.3) is 5.79 Å². The molecule has 0 radical (unpaired) electrons. The number of carbonyl (C=O) groups is 2. The van der Waals surface area contributed by atoms with Crippen LogP contribution in [0, 0.1) is 5.41 Å². The van der Waals surface area contributed by atoms with Gasteiger partial charge in [0.1, 0.15) is 10.9 Å². The first-order chi connectivity index (χ1) is 18.6. The number of hydroxylamine groups is 2. The molecular weight excluding hydrogens is 535 g/mol. The van der Waals surface area contributed by atoms with Gasteiger partial charge in [0.2, 0.25) is 5.91 Å². The number of hydrogen-bond acceptors (Lipinski definition) is 8. The number of aromatic nitrogens is 1. The molecule has 1 fully saturated rings. The Bertz CT molecular complexity index is 1460. The number of hydrogen-bond donors (Lipinski definition) is 3. The Hall–Kier alpha value is -3.97. The second-order valence-electron chi connectivity index (χ2n) is 9.25. The molecule has 3 heterocycles. The predicted molar refractivity (Wildman–Crippen MR) is 138 cm³/mol. The van der Waals surface area contributed by atoms with Crippen molar-refractivity contribution in [1.29, 1.82) is 0 Å². The minimum Gasteiger partial charge on any atom is -0.481 e. The summed E-state index contributed by atoms with van der Waals surface area (Å²) in [4.78, 5) is 41.1. The number of thiazole rings is 1. The molecule has 2 aliphatic rings. The van der Waals surface area contributed by atoms with Crippen molar-refractivity contribution >= 4 is 39.1 Å². The van der Waals surface area contributed by atoms with E-state index in [9.17, 15) is 27.9 Å². The number of halogens is 3. The van der Waals surface area contributed by atoms with E-state index in [0.717, 1.165) is 16.8 Å². The largest absolute Gasteiger partial charge is 0.481 e. The predicted octanol–water partition coefficient (Wildman–Crippen LogP) is 4.17. The second-order valence-corrected chi connectivity index (χ2v) is 10.1. The lowest BCUT2D eigenvalue weighted by atomic mass is 9.71. The fourth-order valence-corrected chi connectivity index (χ4v) is 5.66. The van der Waals surface area contributed by atoms with Gasteiger partial charge in [0.15, 0.2) is 5.75 Å². The lowest BCUT2D eigenvalue weighted by Gasteiger charge is -2.52. The maximum atomic E-state index is 13.2. The fourth-order valence-electron chi connectivity index (χ4n) is 4.97. The van der Waals surface area contributed by atoms with Crippen LogP contribution in [-0.2, 0) is 15.8 Å². The van der Waals surface area contributed by atoms with Crippen LogP contribution in [0.4, 0.5) is 13.2 Å². The molecule has 13 heteroatoms. The molecule has 5 rings (SSSR count). The highest BCUT2D eigenvalue weighted by Crippen LogP contribution is 2.46. The zero-order valence-corrected chi connectivity index (χ0v) is 21.5. The molecule has 1 atom stereocenters. The van der Waals surface area contributed by atoms with E-state index in [0.29, 0.717) is 29.9 Å². The quantitative estimate of drug-likeness (QED) is 0.415. The van der Waals surface area contributed by atoms with Crippen LogP contribution in [0.1, 0.15) is 30.9 Å². The van der Waals surface area contributed by atoms with Gasteiger partial charge in [-0.3, -0.25) is 9.59 Å². The number of piperidine rings is 1. The molecule has 204 valence electrons. The van der Waals surface area contributed by atoms with Crippen LogP contribution < -0.4 is 15.5 Å². The molecule has 0 spiro atoms. The molecule has 1 amide bonds. The Balaban J connectivity index is 1.68. The standard InChI is InChI=1S/C26H24F3N5O4S/c1-16(35)32-26(24(23(36)37)10-12-30-13-11-24)33-19(17-5-7-18(8-6-17)25(27,28)29)9-14-34(26)38-20-3-2-4-21-22(20)31-15-39-21/h2-9,14-15,30H,10-13H2,1H3,(H,32,35)(H,36,37). The van der Waals surface area contributed by atoms with Crippen molar-refractivity contribution in [3.8, 4) is 5.75 Å². The summed E-state index contributed by atoms with van der Waals surface area (Å²) in [6.07, 6.45) is -1.41. The van der Waals surface area contributed by atoms with Crippen molar-refractivity contribution in [2.24, 2.45) is 10.4 Å². The van der Waals surface area contributed by atoms with Crippen LogP contribution in [0.3, 0.4) is 0 Å². The van der Waals surface area contributed by atoms with Gasteiger partial charge in [0, 0.05) is 13.1 Å². The summed E-state index contributed by atoms with van der Waals surface area (Å²) in [6, 6.07) is 9.65. The van der Waals surface area contributed by atoms with Gasteiger partial charge in [-0.2, -0.15) is 18.2 Å². The van der Waals surface area contributed by atoms with Crippen molar-refractivity contribution in [1.82, 2.24) is 20.7 Å². The first kappa shape index (κ1) is 26.6. The van der Waals surface area contributed by atoms with Gasteiger partial charge in [-0.05, 0) is 61.8 Å². The number of carboxylic acids is 1. The molecule has 1 unspecified atom stereocenters. The topological polar surface area (TPSA) is 116 Å². The van der Waals surface area contributed by atoms with Gasteiger partial charge < -0.3 is 20.6 Å². The van der Waals surface area contributed by atoms with Crippen molar-refractivity contribution in [3.05, 3.63) is 71.4 Å². The van der Waals surface area contributed by atoms with Crippen LogP contribution in [0.25, 0.3) is 10.2 Å². The lowest BCUT2D eigenvalue weighted by Crippen LogP contribution is -2.72. The molecule has 0 aliphatic carbocycles. The molecule has 39 heavy (non-hydrogen) atoms. The third kappa shape index (κ3) is 4.72. The third-order valence-corrected chi connectivity index (χ3v) is 7.68. The summed E-state index contributed by atoms with van der Waals surface area (Å²) in [5.74, 6) is -3.45. The molecule has 0 bridgehead atoms. The van der Waals surface area contributed by atoms with E-state index in [1.165, 1.54) is 47.7 Å². The minimum absolute atomic E-state index is 0.0843. The van der Waals surface area contributed by atoms with Crippen molar-refractivity contribution in [3.63, 3.8) is 0 Å². The second kappa shape index (κ2) is 9.97. The smallest absolute Gasteiger partial charge is 0.416 e. The highest BCUT2D eigenvalue weighted by molar-refractivity contribution is 7.16. The van der Waals surface area contributed by atoms with E-state index in [1.807, 2.05) is 6.07 Å². The summed E-state index contributed by atoms with van der Waals surface area (Å²) < 4.78 is 40.3. The van der Waals surface area contributed by atoms with Gasteiger partial charge in [-0.15, -0.1) is 11.3 Å². The summed E-state index contributed by atoms with van der Waals surface area (Å²) in [7, 11) is 0.